The van der Waals surface area contributed by atoms with Crippen molar-refractivity contribution < 1.29 is 32.9 Å². The number of benzene rings is 1. The molecule has 2 atom stereocenters. The molecule has 1 aliphatic rings. The predicted molar refractivity (Wildman–Crippen MR) is 65.7 cm³/mol. The van der Waals surface area contributed by atoms with Crippen LogP contribution in [-0.2, 0) is 0 Å². The highest BCUT2D eigenvalue weighted by atomic mass is 19.4. The molecule has 6 nitrogen and oxygen atoms in total. The van der Waals surface area contributed by atoms with E-state index >= 15 is 0 Å². The number of β-amino-alcohol motifs (C(OH)–C–C–N with tert-alkyl or cyclic N) is 2. The lowest BCUT2D eigenvalue weighted by molar-refractivity contribution is -0.274. The van der Waals surface area contributed by atoms with Gasteiger partial charge in [0.05, 0.1) is 25.3 Å². The SMILES string of the molecule is O=C(Nc1ccc(OC(F)(F)F)cc1)N1CC(O)C(O)C1. The third-order valence-corrected chi connectivity index (χ3v) is 2.89. The van der Waals surface area contributed by atoms with Crippen LogP contribution in [0.4, 0.5) is 23.7 Å². The minimum atomic E-state index is -4.77. The summed E-state index contributed by atoms with van der Waals surface area (Å²) in [6, 6.07) is 4.08. The highest BCUT2D eigenvalue weighted by Crippen LogP contribution is 2.24. The van der Waals surface area contributed by atoms with Crippen LogP contribution in [0.3, 0.4) is 0 Å². The maximum atomic E-state index is 12.0. The summed E-state index contributed by atoms with van der Waals surface area (Å²) in [7, 11) is 0. The monoisotopic (exact) mass is 306 g/mol. The van der Waals surface area contributed by atoms with Crippen LogP contribution in [0.1, 0.15) is 0 Å². The van der Waals surface area contributed by atoms with Gasteiger partial charge in [-0.25, -0.2) is 4.79 Å². The fourth-order valence-electron chi connectivity index (χ4n) is 1.88. The number of rotatable bonds is 2. The van der Waals surface area contributed by atoms with Gasteiger partial charge in [-0.2, -0.15) is 0 Å². The number of amides is 2. The Kier molecular flexibility index (Phi) is 4.24. The van der Waals surface area contributed by atoms with Gasteiger partial charge in [0.2, 0.25) is 0 Å². The molecule has 1 fully saturated rings. The number of anilines is 1. The summed E-state index contributed by atoms with van der Waals surface area (Å²) in [6.45, 7) is -0.0233. The Bertz CT molecular complexity index is 496. The molecule has 0 saturated carbocycles. The molecule has 2 amide bonds. The molecule has 21 heavy (non-hydrogen) atoms. The van der Waals surface area contributed by atoms with Gasteiger partial charge in [-0.3, -0.25) is 0 Å². The molecule has 2 unspecified atom stereocenters. The summed E-state index contributed by atoms with van der Waals surface area (Å²) in [5.74, 6) is -0.396. The molecule has 0 radical (unpaired) electrons. The van der Waals surface area contributed by atoms with Gasteiger partial charge in [-0.05, 0) is 24.3 Å². The molecular weight excluding hydrogens is 293 g/mol. The predicted octanol–water partition coefficient (Wildman–Crippen LogP) is 1.15. The van der Waals surface area contributed by atoms with E-state index in [1.807, 2.05) is 0 Å². The normalized spacial score (nSPS) is 22.2. The molecule has 1 aromatic rings. The van der Waals surface area contributed by atoms with Gasteiger partial charge in [-0.1, -0.05) is 0 Å². The van der Waals surface area contributed by atoms with Crippen LogP contribution in [0.15, 0.2) is 24.3 Å². The van der Waals surface area contributed by atoms with Gasteiger partial charge in [0.25, 0.3) is 0 Å². The number of likely N-dealkylation sites (tertiary alicyclic amines) is 1. The van der Waals surface area contributed by atoms with Crippen LogP contribution >= 0.6 is 0 Å². The van der Waals surface area contributed by atoms with Crippen molar-refractivity contribution in [1.82, 2.24) is 4.90 Å². The van der Waals surface area contributed by atoms with Crippen molar-refractivity contribution in [3.63, 3.8) is 0 Å². The zero-order valence-corrected chi connectivity index (χ0v) is 10.7. The second-order valence-electron chi connectivity index (χ2n) is 4.54. The molecular formula is C12H13F3N2O4. The van der Waals surface area contributed by atoms with Crippen LogP contribution in [0.2, 0.25) is 0 Å². The highest BCUT2D eigenvalue weighted by Gasteiger charge is 2.33. The number of carbonyl (C=O) groups excluding carboxylic acids is 1. The number of carbonyl (C=O) groups is 1. The Hall–Kier alpha value is -2.00. The molecule has 0 aromatic heterocycles. The lowest BCUT2D eigenvalue weighted by atomic mass is 10.3. The van der Waals surface area contributed by atoms with Gasteiger partial charge in [-0.15, -0.1) is 13.2 Å². The van der Waals surface area contributed by atoms with E-state index in [2.05, 4.69) is 10.1 Å². The first kappa shape index (κ1) is 15.4. The van der Waals surface area contributed by atoms with Crippen molar-refractivity contribution in [2.75, 3.05) is 18.4 Å². The van der Waals surface area contributed by atoms with Crippen molar-refractivity contribution >= 4 is 11.7 Å². The number of nitrogens with zero attached hydrogens (tertiary/aromatic N) is 1. The van der Waals surface area contributed by atoms with Crippen LogP contribution in [0, 0.1) is 0 Å². The quantitative estimate of drug-likeness (QED) is 0.765. The summed E-state index contributed by atoms with van der Waals surface area (Å²) in [5.41, 5.74) is 0.269. The van der Waals surface area contributed by atoms with E-state index in [1.54, 1.807) is 0 Å². The third-order valence-electron chi connectivity index (χ3n) is 2.89. The minimum Gasteiger partial charge on any atom is -0.406 e. The maximum absolute atomic E-state index is 12.0. The highest BCUT2D eigenvalue weighted by molar-refractivity contribution is 5.89. The number of halogens is 3. The number of alkyl halides is 3. The van der Waals surface area contributed by atoms with E-state index in [4.69, 9.17) is 0 Å². The Balaban J connectivity index is 1.93. The van der Waals surface area contributed by atoms with E-state index in [0.29, 0.717) is 0 Å². The largest absolute Gasteiger partial charge is 0.573 e. The summed E-state index contributed by atoms with van der Waals surface area (Å²) in [4.78, 5) is 13.0. The molecule has 0 bridgehead atoms. The van der Waals surface area contributed by atoms with Crippen molar-refractivity contribution in [2.24, 2.45) is 0 Å². The van der Waals surface area contributed by atoms with E-state index in [1.165, 1.54) is 17.0 Å². The average molecular weight is 306 g/mol. The van der Waals surface area contributed by atoms with Crippen LogP contribution in [0.5, 0.6) is 5.75 Å². The lowest BCUT2D eigenvalue weighted by Crippen LogP contribution is -2.33. The molecule has 0 spiro atoms. The number of hydrogen-bond acceptors (Lipinski definition) is 4. The number of nitrogens with one attached hydrogen (secondary N) is 1. The fraction of sp³-hybridized carbons (Fsp3) is 0.417. The van der Waals surface area contributed by atoms with Crippen molar-refractivity contribution in [1.29, 1.82) is 0 Å². The first-order valence-corrected chi connectivity index (χ1v) is 6.02. The summed E-state index contributed by atoms with van der Waals surface area (Å²) >= 11 is 0. The van der Waals surface area contributed by atoms with Crippen LogP contribution < -0.4 is 10.1 Å². The standard InChI is InChI=1S/C12H13F3N2O4/c13-12(14,15)21-8-3-1-7(2-4-8)16-11(20)17-5-9(18)10(19)6-17/h1-4,9-10,18-19H,5-6H2,(H,16,20). The first-order valence-electron chi connectivity index (χ1n) is 6.02. The first-order chi connectivity index (χ1) is 9.74. The molecule has 3 N–H and O–H groups in total. The minimum absolute atomic E-state index is 0.0116. The zero-order valence-electron chi connectivity index (χ0n) is 10.7. The lowest BCUT2D eigenvalue weighted by Gasteiger charge is -2.16. The van der Waals surface area contributed by atoms with Gasteiger partial charge >= 0.3 is 12.4 Å². The summed E-state index contributed by atoms with van der Waals surface area (Å²) in [6.07, 6.45) is -6.77. The Morgan fingerprint density at radius 1 is 1.19 bits per heavy atom. The molecule has 1 aromatic carbocycles. The second-order valence-corrected chi connectivity index (χ2v) is 4.54. The fourth-order valence-corrected chi connectivity index (χ4v) is 1.88. The molecule has 1 heterocycles. The number of ether oxygens (including phenoxy) is 1. The van der Waals surface area contributed by atoms with Crippen LogP contribution in [-0.4, -0.2) is 52.8 Å². The topological polar surface area (TPSA) is 82.0 Å². The maximum Gasteiger partial charge on any atom is 0.573 e. The summed E-state index contributed by atoms with van der Waals surface area (Å²) in [5, 5.41) is 21.1. The van der Waals surface area contributed by atoms with Crippen molar-refractivity contribution in [2.45, 2.75) is 18.6 Å². The van der Waals surface area contributed by atoms with Crippen molar-refractivity contribution in [3.05, 3.63) is 24.3 Å². The average Bonchev–Trinajstić information content (AvgIpc) is 2.70. The Labute approximate surface area is 117 Å². The number of aliphatic hydroxyl groups is 2. The number of hydrogen-bond donors (Lipinski definition) is 3. The van der Waals surface area contributed by atoms with E-state index in [0.717, 1.165) is 12.1 Å². The smallest absolute Gasteiger partial charge is 0.406 e. The van der Waals surface area contributed by atoms with E-state index in [9.17, 15) is 28.2 Å². The molecule has 2 rings (SSSR count). The molecule has 0 aliphatic carbocycles. The van der Waals surface area contributed by atoms with Gasteiger partial charge in [0.15, 0.2) is 0 Å². The second kappa shape index (κ2) is 5.78. The molecule has 1 aliphatic heterocycles. The van der Waals surface area contributed by atoms with Crippen LogP contribution in [0.25, 0.3) is 0 Å². The third kappa shape index (κ3) is 4.23. The molecule has 9 heteroatoms. The van der Waals surface area contributed by atoms with E-state index in [-0.39, 0.29) is 18.8 Å². The summed E-state index contributed by atoms with van der Waals surface area (Å²) < 4.78 is 39.7. The zero-order chi connectivity index (χ0) is 15.6. The molecule has 1 saturated heterocycles. The van der Waals surface area contributed by atoms with Crippen molar-refractivity contribution in [3.8, 4) is 5.75 Å². The molecule has 116 valence electrons. The van der Waals surface area contributed by atoms with Gasteiger partial charge < -0.3 is 25.2 Å². The van der Waals surface area contributed by atoms with Gasteiger partial charge in [0, 0.05) is 5.69 Å². The number of urea groups is 1. The van der Waals surface area contributed by atoms with Gasteiger partial charge in [0.1, 0.15) is 5.75 Å². The Morgan fingerprint density at radius 3 is 2.19 bits per heavy atom. The van der Waals surface area contributed by atoms with E-state index < -0.39 is 30.4 Å². The Morgan fingerprint density at radius 2 is 1.71 bits per heavy atom. The number of aliphatic hydroxyl groups excluding tert-OH is 2.